The molecule has 1 aromatic heterocycles. The Morgan fingerprint density at radius 2 is 2.00 bits per heavy atom. The fourth-order valence-electron chi connectivity index (χ4n) is 2.39. The predicted octanol–water partition coefficient (Wildman–Crippen LogP) is 3.24. The summed E-state index contributed by atoms with van der Waals surface area (Å²) in [5.74, 6) is 1.66. The van der Waals surface area contributed by atoms with E-state index < -0.39 is 0 Å². The molecule has 0 spiro atoms. The molecule has 0 saturated heterocycles. The van der Waals surface area contributed by atoms with E-state index in [1.165, 1.54) is 0 Å². The molecule has 2 aromatic carbocycles. The summed E-state index contributed by atoms with van der Waals surface area (Å²) in [7, 11) is 1.59. The fraction of sp³-hybridized carbons (Fsp3) is 0.211. The summed E-state index contributed by atoms with van der Waals surface area (Å²) >= 11 is 0. The van der Waals surface area contributed by atoms with Crippen LogP contribution in [-0.2, 0) is 17.6 Å². The number of nitrogens with one attached hydrogen (secondary N) is 1. The van der Waals surface area contributed by atoms with E-state index in [1.54, 1.807) is 13.2 Å². The van der Waals surface area contributed by atoms with Gasteiger partial charge in [-0.25, -0.2) is 0 Å². The van der Waals surface area contributed by atoms with Crippen molar-refractivity contribution in [1.82, 2.24) is 10.1 Å². The third kappa shape index (κ3) is 4.91. The minimum absolute atomic E-state index is 0.115. The summed E-state index contributed by atoms with van der Waals surface area (Å²) < 4.78 is 10.3. The van der Waals surface area contributed by atoms with Crippen LogP contribution in [0.15, 0.2) is 59.1 Å². The minimum Gasteiger partial charge on any atom is -0.497 e. The van der Waals surface area contributed by atoms with Gasteiger partial charge in [0.05, 0.1) is 7.11 Å². The van der Waals surface area contributed by atoms with Crippen molar-refractivity contribution in [1.29, 1.82) is 0 Å². The van der Waals surface area contributed by atoms with Crippen molar-refractivity contribution in [3.8, 4) is 5.75 Å². The van der Waals surface area contributed by atoms with Crippen LogP contribution in [0.1, 0.15) is 23.7 Å². The standard InChI is InChI=1S/C19H19N3O3/c1-24-16-9-5-8-15(13-16)20-18(23)10-11-19-21-17(22-25-19)12-14-6-3-2-4-7-14/h2-9,13H,10-12H2,1H3,(H,20,23). The summed E-state index contributed by atoms with van der Waals surface area (Å²) in [6, 6.07) is 17.2. The van der Waals surface area contributed by atoms with E-state index in [0.29, 0.717) is 36.0 Å². The van der Waals surface area contributed by atoms with Gasteiger partial charge in [-0.1, -0.05) is 41.6 Å². The molecule has 25 heavy (non-hydrogen) atoms. The maximum Gasteiger partial charge on any atom is 0.227 e. The maximum atomic E-state index is 12.0. The molecule has 0 fully saturated rings. The van der Waals surface area contributed by atoms with Gasteiger partial charge in [0.2, 0.25) is 11.8 Å². The number of ether oxygens (including phenoxy) is 1. The van der Waals surface area contributed by atoms with E-state index in [4.69, 9.17) is 9.26 Å². The highest BCUT2D eigenvalue weighted by Crippen LogP contribution is 2.17. The van der Waals surface area contributed by atoms with E-state index in [1.807, 2.05) is 48.5 Å². The average Bonchev–Trinajstić information content (AvgIpc) is 3.08. The average molecular weight is 337 g/mol. The molecule has 0 radical (unpaired) electrons. The molecule has 6 heteroatoms. The molecule has 0 aliphatic rings. The molecule has 0 aliphatic carbocycles. The molecular formula is C19H19N3O3. The third-order valence-corrected chi connectivity index (χ3v) is 3.63. The van der Waals surface area contributed by atoms with E-state index >= 15 is 0 Å². The number of aryl methyl sites for hydroxylation is 1. The molecule has 0 unspecified atom stereocenters. The first-order valence-corrected chi connectivity index (χ1v) is 8.02. The third-order valence-electron chi connectivity index (χ3n) is 3.63. The second-order valence-corrected chi connectivity index (χ2v) is 5.55. The lowest BCUT2D eigenvalue weighted by atomic mass is 10.1. The smallest absolute Gasteiger partial charge is 0.227 e. The van der Waals surface area contributed by atoms with E-state index in [-0.39, 0.29) is 12.3 Å². The molecule has 3 rings (SSSR count). The number of amides is 1. The predicted molar refractivity (Wildman–Crippen MR) is 93.5 cm³/mol. The summed E-state index contributed by atoms with van der Waals surface area (Å²) in [6.07, 6.45) is 1.28. The van der Waals surface area contributed by atoms with Crippen LogP contribution in [0.25, 0.3) is 0 Å². The number of carbonyl (C=O) groups is 1. The van der Waals surface area contributed by atoms with Gasteiger partial charge in [-0.2, -0.15) is 4.98 Å². The van der Waals surface area contributed by atoms with E-state index in [2.05, 4.69) is 15.5 Å². The molecule has 0 aliphatic heterocycles. The molecule has 1 amide bonds. The highest BCUT2D eigenvalue weighted by Gasteiger charge is 2.10. The van der Waals surface area contributed by atoms with Gasteiger partial charge >= 0.3 is 0 Å². The van der Waals surface area contributed by atoms with E-state index in [9.17, 15) is 4.79 Å². The van der Waals surface area contributed by atoms with Crippen molar-refractivity contribution in [2.24, 2.45) is 0 Å². The van der Waals surface area contributed by atoms with Crippen molar-refractivity contribution in [3.05, 3.63) is 71.9 Å². The minimum atomic E-state index is -0.115. The number of benzene rings is 2. The SMILES string of the molecule is COc1cccc(NC(=O)CCc2nc(Cc3ccccc3)no2)c1. The quantitative estimate of drug-likeness (QED) is 0.716. The molecular weight excluding hydrogens is 318 g/mol. The second kappa shape index (κ2) is 8.10. The zero-order valence-electron chi connectivity index (χ0n) is 13.9. The highest BCUT2D eigenvalue weighted by atomic mass is 16.5. The Labute approximate surface area is 145 Å². The number of anilines is 1. The van der Waals surface area contributed by atoms with Crippen LogP contribution < -0.4 is 10.1 Å². The summed E-state index contributed by atoms with van der Waals surface area (Å²) in [5.41, 5.74) is 1.81. The molecule has 1 N–H and O–H groups in total. The van der Waals surface area contributed by atoms with Crippen molar-refractivity contribution in [2.75, 3.05) is 12.4 Å². The maximum absolute atomic E-state index is 12.0. The summed E-state index contributed by atoms with van der Waals surface area (Å²) in [6.45, 7) is 0. The van der Waals surface area contributed by atoms with Crippen molar-refractivity contribution in [3.63, 3.8) is 0 Å². The number of methoxy groups -OCH3 is 1. The highest BCUT2D eigenvalue weighted by molar-refractivity contribution is 5.90. The van der Waals surface area contributed by atoms with Crippen LogP contribution >= 0.6 is 0 Å². The Balaban J connectivity index is 1.50. The van der Waals surface area contributed by atoms with Crippen LogP contribution in [0.5, 0.6) is 5.75 Å². The molecule has 3 aromatic rings. The molecule has 0 atom stereocenters. The number of carbonyl (C=O) groups excluding carboxylic acids is 1. The number of aromatic nitrogens is 2. The zero-order valence-corrected chi connectivity index (χ0v) is 13.9. The Bertz CT molecular complexity index is 831. The first kappa shape index (κ1) is 16.7. The molecule has 0 saturated carbocycles. The van der Waals surface area contributed by atoms with Crippen LogP contribution in [-0.4, -0.2) is 23.2 Å². The largest absolute Gasteiger partial charge is 0.497 e. The lowest BCUT2D eigenvalue weighted by molar-refractivity contribution is -0.116. The first-order chi connectivity index (χ1) is 12.2. The van der Waals surface area contributed by atoms with Gasteiger partial charge in [0.1, 0.15) is 5.75 Å². The van der Waals surface area contributed by atoms with Crippen molar-refractivity contribution in [2.45, 2.75) is 19.3 Å². The summed E-state index contributed by atoms with van der Waals surface area (Å²) in [4.78, 5) is 16.4. The lowest BCUT2D eigenvalue weighted by Crippen LogP contribution is -2.12. The summed E-state index contributed by atoms with van der Waals surface area (Å²) in [5, 5.41) is 6.79. The van der Waals surface area contributed by atoms with Crippen LogP contribution in [0.2, 0.25) is 0 Å². The normalized spacial score (nSPS) is 10.4. The van der Waals surface area contributed by atoms with Gasteiger partial charge in [-0.3, -0.25) is 4.79 Å². The number of rotatable bonds is 7. The van der Waals surface area contributed by atoms with Gasteiger partial charge in [-0.05, 0) is 17.7 Å². The Hall–Kier alpha value is -3.15. The molecule has 6 nitrogen and oxygen atoms in total. The molecule has 128 valence electrons. The van der Waals surface area contributed by atoms with E-state index in [0.717, 1.165) is 5.56 Å². The van der Waals surface area contributed by atoms with Crippen molar-refractivity contribution < 1.29 is 14.1 Å². The van der Waals surface area contributed by atoms with Crippen molar-refractivity contribution >= 4 is 11.6 Å². The molecule has 1 heterocycles. The first-order valence-electron chi connectivity index (χ1n) is 8.02. The van der Waals surface area contributed by atoms with Gasteiger partial charge in [0.15, 0.2) is 5.82 Å². The fourth-order valence-corrected chi connectivity index (χ4v) is 2.39. The van der Waals surface area contributed by atoms with Gasteiger partial charge in [0, 0.05) is 31.0 Å². The van der Waals surface area contributed by atoms with Crippen LogP contribution in [0.4, 0.5) is 5.69 Å². The topological polar surface area (TPSA) is 77.2 Å². The Kier molecular flexibility index (Phi) is 5.41. The van der Waals surface area contributed by atoms with Crippen LogP contribution in [0.3, 0.4) is 0 Å². The lowest BCUT2D eigenvalue weighted by Gasteiger charge is -2.06. The Morgan fingerprint density at radius 3 is 2.80 bits per heavy atom. The zero-order chi connectivity index (χ0) is 17.5. The second-order valence-electron chi connectivity index (χ2n) is 5.55. The number of hydrogen-bond donors (Lipinski definition) is 1. The van der Waals surface area contributed by atoms with Gasteiger partial charge in [0.25, 0.3) is 0 Å². The van der Waals surface area contributed by atoms with Gasteiger partial charge < -0.3 is 14.6 Å². The Morgan fingerprint density at radius 1 is 1.16 bits per heavy atom. The van der Waals surface area contributed by atoms with Gasteiger partial charge in [-0.15, -0.1) is 0 Å². The van der Waals surface area contributed by atoms with Crippen LogP contribution in [0, 0.1) is 0 Å². The number of hydrogen-bond acceptors (Lipinski definition) is 5. The number of nitrogens with zero attached hydrogens (tertiary/aromatic N) is 2. The molecule has 0 bridgehead atoms. The monoisotopic (exact) mass is 337 g/mol.